The van der Waals surface area contributed by atoms with Gasteiger partial charge in [-0.3, -0.25) is 9.59 Å². The molecule has 1 saturated carbocycles. The number of carbonyl (C=O) groups is 2. The summed E-state index contributed by atoms with van der Waals surface area (Å²) in [5.41, 5.74) is 13.3. The molecule has 0 bridgehead atoms. The number of aromatic hydroxyl groups is 1. The fourth-order valence-electron chi connectivity index (χ4n) is 10.1. The SMILES string of the molecule is CCC[C@@H]([C@@H]1C[C@@H](CC2=CCNC(N)=C2)C[C@H]2C#C[C@H](c3ccccc3CCC(C)C)c3cc(O)c(OC)cc3CCC(=O)[C@H](O)C(=O)[C@H]2C1)[C@H](O)Cc1cc(C(C)C)c[nH]1. The van der Waals surface area contributed by atoms with Crippen molar-refractivity contribution in [2.45, 2.75) is 129 Å². The number of rotatable bonds is 14. The van der Waals surface area contributed by atoms with E-state index in [0.717, 1.165) is 66.5 Å². The average Bonchev–Trinajstić information content (AvgIpc) is 3.63. The van der Waals surface area contributed by atoms with Crippen LogP contribution < -0.4 is 15.8 Å². The Balaban J connectivity index is 1.49. The number of Topliss-reactive ketones (excluding diaryl/α,β-unsaturated/α-hetero) is 2. The van der Waals surface area contributed by atoms with Crippen LogP contribution in [0.15, 0.2) is 72.2 Å². The topological polar surface area (TPSA) is 158 Å². The third kappa shape index (κ3) is 11.4. The number of nitrogens with one attached hydrogen (secondary N) is 2. The third-order valence-corrected chi connectivity index (χ3v) is 13.5. The summed E-state index contributed by atoms with van der Waals surface area (Å²) >= 11 is 0. The molecule has 1 fully saturated rings. The van der Waals surface area contributed by atoms with Crippen molar-refractivity contribution in [3.05, 3.63) is 106 Å². The highest BCUT2D eigenvalue weighted by molar-refractivity contribution is 6.06. The van der Waals surface area contributed by atoms with E-state index in [1.807, 2.05) is 18.3 Å². The molecule has 3 aromatic rings. The number of fused-ring (bicyclic) bond motifs is 2. The van der Waals surface area contributed by atoms with Gasteiger partial charge >= 0.3 is 0 Å². The second kappa shape index (κ2) is 20.9. The number of ether oxygens (including phenoxy) is 1. The molecule has 3 aliphatic rings. The second-order valence-corrected chi connectivity index (χ2v) is 18.7. The maximum atomic E-state index is 14.8. The van der Waals surface area contributed by atoms with E-state index in [4.69, 9.17) is 10.5 Å². The van der Waals surface area contributed by atoms with Crippen molar-refractivity contribution in [1.82, 2.24) is 10.3 Å². The zero-order chi connectivity index (χ0) is 43.8. The first kappa shape index (κ1) is 45.7. The summed E-state index contributed by atoms with van der Waals surface area (Å²) in [6.07, 6.45) is 10.3. The molecule has 2 heterocycles. The zero-order valence-electron chi connectivity index (χ0n) is 37.2. The second-order valence-electron chi connectivity index (χ2n) is 18.7. The summed E-state index contributed by atoms with van der Waals surface area (Å²) in [6.45, 7) is 11.5. The Morgan fingerprint density at radius 2 is 1.77 bits per heavy atom. The maximum absolute atomic E-state index is 14.8. The van der Waals surface area contributed by atoms with Gasteiger partial charge in [0.2, 0.25) is 0 Å². The van der Waals surface area contributed by atoms with Crippen LogP contribution in [0.5, 0.6) is 11.5 Å². The fourth-order valence-corrected chi connectivity index (χ4v) is 10.1. The fraction of sp³-hybridized carbons (Fsp3) is 0.538. The summed E-state index contributed by atoms with van der Waals surface area (Å²) in [6, 6.07) is 14.0. The number of methoxy groups -OCH3 is 1. The highest BCUT2D eigenvalue weighted by Gasteiger charge is 2.43. The minimum Gasteiger partial charge on any atom is -0.504 e. The van der Waals surface area contributed by atoms with Crippen LogP contribution in [0, 0.1) is 47.3 Å². The molecule has 2 aliphatic carbocycles. The number of allylic oxidation sites excluding steroid dienone is 2. The number of aliphatic hydroxyl groups excluding tert-OH is 2. The molecule has 6 rings (SSSR count). The molecule has 9 heteroatoms. The number of nitrogens with two attached hydrogens (primary N) is 1. The van der Waals surface area contributed by atoms with Gasteiger partial charge in [-0.2, -0.15) is 0 Å². The lowest BCUT2D eigenvalue weighted by Gasteiger charge is -2.33. The van der Waals surface area contributed by atoms with E-state index < -0.39 is 41.5 Å². The van der Waals surface area contributed by atoms with Crippen molar-refractivity contribution in [2.24, 2.45) is 41.2 Å². The Labute approximate surface area is 363 Å². The van der Waals surface area contributed by atoms with E-state index in [0.29, 0.717) is 43.5 Å². The molecule has 0 saturated heterocycles. The van der Waals surface area contributed by atoms with Crippen LogP contribution in [0.2, 0.25) is 0 Å². The Morgan fingerprint density at radius 1 is 0.984 bits per heavy atom. The maximum Gasteiger partial charge on any atom is 0.173 e. The van der Waals surface area contributed by atoms with Crippen molar-refractivity contribution < 1.29 is 29.6 Å². The van der Waals surface area contributed by atoms with Crippen molar-refractivity contribution in [3.63, 3.8) is 0 Å². The highest BCUT2D eigenvalue weighted by Crippen LogP contribution is 2.45. The summed E-state index contributed by atoms with van der Waals surface area (Å²) in [5, 5.41) is 38.2. The lowest BCUT2D eigenvalue weighted by molar-refractivity contribution is -0.142. The third-order valence-electron chi connectivity index (χ3n) is 13.5. The normalized spacial score (nSPS) is 24.4. The van der Waals surface area contributed by atoms with Crippen LogP contribution >= 0.6 is 0 Å². The van der Waals surface area contributed by atoms with E-state index >= 15 is 0 Å². The summed E-state index contributed by atoms with van der Waals surface area (Å²) < 4.78 is 5.54. The number of aromatic nitrogens is 1. The van der Waals surface area contributed by atoms with E-state index in [1.54, 1.807) is 12.1 Å². The largest absolute Gasteiger partial charge is 0.504 e. The molecule has 2 aromatic carbocycles. The van der Waals surface area contributed by atoms with Crippen LogP contribution in [-0.2, 0) is 28.9 Å². The molecular weight excluding hydrogens is 763 g/mol. The summed E-state index contributed by atoms with van der Waals surface area (Å²) in [5.74, 6) is 6.33. The monoisotopic (exact) mass is 832 g/mol. The van der Waals surface area contributed by atoms with Crippen LogP contribution in [-0.4, -0.2) is 57.7 Å². The van der Waals surface area contributed by atoms with Crippen molar-refractivity contribution in [3.8, 4) is 23.3 Å². The predicted molar refractivity (Wildman–Crippen MR) is 242 cm³/mol. The minimum absolute atomic E-state index is 0.0144. The lowest BCUT2D eigenvalue weighted by Crippen LogP contribution is -2.40. The van der Waals surface area contributed by atoms with E-state index in [1.165, 1.54) is 18.2 Å². The molecule has 9 nitrogen and oxygen atoms in total. The first-order valence-electron chi connectivity index (χ1n) is 22.7. The number of benzene rings is 2. The number of H-pyrrole nitrogens is 1. The van der Waals surface area contributed by atoms with E-state index in [9.17, 15) is 24.9 Å². The van der Waals surface area contributed by atoms with Gasteiger partial charge in [-0.05, 0) is 139 Å². The number of carbonyl (C=O) groups excluding carboxylic acids is 2. The Hall–Kier alpha value is -4.78. The summed E-state index contributed by atoms with van der Waals surface area (Å²) in [4.78, 5) is 32.1. The van der Waals surface area contributed by atoms with Gasteiger partial charge in [0.25, 0.3) is 0 Å². The van der Waals surface area contributed by atoms with Crippen molar-refractivity contribution in [1.29, 1.82) is 0 Å². The molecule has 0 radical (unpaired) electrons. The van der Waals surface area contributed by atoms with Gasteiger partial charge in [0, 0.05) is 43.1 Å². The molecule has 0 spiro atoms. The number of hydrogen-bond acceptors (Lipinski definition) is 8. The molecule has 1 aromatic heterocycles. The average molecular weight is 832 g/mol. The quantitative estimate of drug-likeness (QED) is 0.0699. The first-order valence-corrected chi connectivity index (χ1v) is 22.7. The number of ketones is 2. The van der Waals surface area contributed by atoms with Gasteiger partial charge < -0.3 is 36.1 Å². The number of phenolic OH excluding ortho intramolecular Hbond substituents is 1. The molecule has 0 amide bonds. The zero-order valence-corrected chi connectivity index (χ0v) is 37.2. The number of hydrogen-bond donors (Lipinski definition) is 6. The van der Waals surface area contributed by atoms with Crippen LogP contribution in [0.3, 0.4) is 0 Å². The number of dihydropyridines is 1. The molecule has 0 unspecified atom stereocenters. The Morgan fingerprint density at radius 3 is 2.48 bits per heavy atom. The lowest BCUT2D eigenvalue weighted by atomic mass is 9.73. The predicted octanol–water partition coefficient (Wildman–Crippen LogP) is 8.41. The smallest absolute Gasteiger partial charge is 0.173 e. The van der Waals surface area contributed by atoms with E-state index in [-0.39, 0.29) is 42.1 Å². The van der Waals surface area contributed by atoms with Crippen LogP contribution in [0.4, 0.5) is 0 Å². The van der Waals surface area contributed by atoms with E-state index in [2.05, 4.69) is 87.1 Å². The van der Waals surface area contributed by atoms with Gasteiger partial charge in [0.05, 0.1) is 25.0 Å². The first-order chi connectivity index (χ1) is 29.3. The standard InChI is InChI=1S/C52H69N3O6/c1-7-10-42(47(57)28-40-25-39(30-55-40)32(4)5)38-23-34(21-33-19-20-54-50(53)24-33)22-36-15-17-43(41-12-9-8-11-35(41)14-13-31(2)3)44-29-48(58)49(61-6)27-37(44)16-18-46(56)52(60)51(59)45(36)26-38/h8-9,11-12,19,24-25,27,29-32,34,36,38,42-43,45,47,52,54-55,57-58,60H,7,10,13-14,16,18,20-23,26,28,53H2,1-6H3/t34-,36+,38+,42-,43+,45-,47+,52-/m0/s1. The molecule has 7 N–H and O–H groups in total. The summed E-state index contributed by atoms with van der Waals surface area (Å²) in [7, 11) is 1.50. The number of aromatic amines is 1. The van der Waals surface area contributed by atoms with Gasteiger partial charge in [-0.25, -0.2) is 0 Å². The van der Waals surface area contributed by atoms with Gasteiger partial charge in [-0.1, -0.05) is 83.2 Å². The number of aliphatic hydroxyl groups is 2. The van der Waals surface area contributed by atoms with Gasteiger partial charge in [0.15, 0.2) is 29.2 Å². The minimum atomic E-state index is -1.79. The molecular formula is C52H69N3O6. The van der Waals surface area contributed by atoms with Crippen molar-refractivity contribution >= 4 is 11.6 Å². The van der Waals surface area contributed by atoms with Gasteiger partial charge in [0.1, 0.15) is 0 Å². The number of aryl methyl sites for hydroxylation is 2. The molecule has 61 heavy (non-hydrogen) atoms. The number of phenols is 1. The molecule has 1 aliphatic heterocycles. The van der Waals surface area contributed by atoms with Gasteiger partial charge in [-0.15, -0.1) is 0 Å². The van der Waals surface area contributed by atoms with Crippen LogP contribution in [0.1, 0.15) is 131 Å². The molecule has 8 atom stereocenters. The highest BCUT2D eigenvalue weighted by atomic mass is 16.5. The van der Waals surface area contributed by atoms with Crippen LogP contribution in [0.25, 0.3) is 0 Å². The van der Waals surface area contributed by atoms with Crippen molar-refractivity contribution in [2.75, 3.05) is 13.7 Å². The Kier molecular flexibility index (Phi) is 15.6. The Bertz CT molecular complexity index is 2120. The molecule has 328 valence electrons.